The van der Waals surface area contributed by atoms with Crippen molar-refractivity contribution >= 4 is 22.1 Å². The smallest absolute Gasteiger partial charge is 0.461 e. The highest BCUT2D eigenvalue weighted by atomic mass is 32.2. The molecule has 1 aliphatic carbocycles. The van der Waals surface area contributed by atoms with Crippen LogP contribution in [0.5, 0.6) is 0 Å². The Morgan fingerprint density at radius 3 is 2.26 bits per heavy atom. The zero-order valence-electron chi connectivity index (χ0n) is 21.2. The van der Waals surface area contributed by atoms with Gasteiger partial charge in [0.25, 0.3) is 0 Å². The van der Waals surface area contributed by atoms with Crippen molar-refractivity contribution in [3.8, 4) is 0 Å². The third-order valence-electron chi connectivity index (χ3n) is 6.14. The van der Waals surface area contributed by atoms with E-state index in [-0.39, 0.29) is 31.4 Å². The van der Waals surface area contributed by atoms with Gasteiger partial charge in [-0.05, 0) is 62.3 Å². The van der Waals surface area contributed by atoms with Crippen LogP contribution in [-0.4, -0.2) is 26.7 Å². The summed E-state index contributed by atoms with van der Waals surface area (Å²) in [6.07, 6.45) is -6.02. The standard InChI is InChI=1S/C27H29F3O7S/c1-18-10-7-8-15-22(18)26(2,3)36-25(32)21-14-9-13-20(24(21)38(33,34)37-27(28,29)30)16-23(31)35-17-19-11-5-4-6-12-19/h4-8,10-12,15,21H,9,13-14,16-17H2,1-3H3/t21-/m1/s1. The highest BCUT2D eigenvalue weighted by Crippen LogP contribution is 2.40. The van der Waals surface area contributed by atoms with E-state index < -0.39 is 51.3 Å². The number of carbonyl (C=O) groups is 2. The van der Waals surface area contributed by atoms with Crippen molar-refractivity contribution in [2.45, 2.75) is 65.0 Å². The van der Waals surface area contributed by atoms with Crippen LogP contribution >= 0.6 is 0 Å². The van der Waals surface area contributed by atoms with E-state index in [1.54, 1.807) is 75.4 Å². The van der Waals surface area contributed by atoms with E-state index in [2.05, 4.69) is 4.18 Å². The zero-order valence-corrected chi connectivity index (χ0v) is 22.0. The van der Waals surface area contributed by atoms with Crippen LogP contribution < -0.4 is 0 Å². The van der Waals surface area contributed by atoms with E-state index in [0.29, 0.717) is 11.1 Å². The van der Waals surface area contributed by atoms with Gasteiger partial charge in [0, 0.05) is 0 Å². The van der Waals surface area contributed by atoms with Gasteiger partial charge in [0.15, 0.2) is 0 Å². The number of ether oxygens (including phenoxy) is 2. The number of benzene rings is 2. The summed E-state index contributed by atoms with van der Waals surface area (Å²) in [5.74, 6) is -3.47. The molecule has 0 fully saturated rings. The molecule has 0 unspecified atom stereocenters. The van der Waals surface area contributed by atoms with Crippen LogP contribution in [-0.2, 0) is 45.6 Å². The number of carbonyl (C=O) groups excluding carboxylic acids is 2. The van der Waals surface area contributed by atoms with Gasteiger partial charge in [-0.3, -0.25) is 9.59 Å². The summed E-state index contributed by atoms with van der Waals surface area (Å²) in [6, 6.07) is 15.7. The lowest BCUT2D eigenvalue weighted by Gasteiger charge is -2.32. The predicted molar refractivity (Wildman–Crippen MR) is 132 cm³/mol. The lowest BCUT2D eigenvalue weighted by molar-refractivity contribution is -0.271. The monoisotopic (exact) mass is 554 g/mol. The maximum atomic E-state index is 13.3. The molecule has 0 bridgehead atoms. The lowest BCUT2D eigenvalue weighted by atomic mass is 9.88. The molecular formula is C27H29F3O7S. The van der Waals surface area contributed by atoms with Crippen LogP contribution in [0.1, 0.15) is 56.2 Å². The molecule has 206 valence electrons. The molecule has 7 nitrogen and oxygen atoms in total. The zero-order chi connectivity index (χ0) is 28.1. The topological polar surface area (TPSA) is 96.0 Å². The molecule has 0 radical (unpaired) electrons. The van der Waals surface area contributed by atoms with Gasteiger partial charge in [0.05, 0.1) is 17.2 Å². The number of rotatable bonds is 9. The third kappa shape index (κ3) is 7.67. The fourth-order valence-electron chi connectivity index (χ4n) is 4.53. The minimum atomic E-state index is -5.53. The minimum absolute atomic E-state index is 0.0266. The van der Waals surface area contributed by atoms with Gasteiger partial charge < -0.3 is 9.47 Å². The molecule has 0 saturated carbocycles. The van der Waals surface area contributed by atoms with Gasteiger partial charge in [-0.15, -0.1) is 13.2 Å². The molecule has 3 rings (SSSR count). The Hall–Kier alpha value is -3.18. The first-order valence-corrected chi connectivity index (χ1v) is 13.3. The fourth-order valence-corrected chi connectivity index (χ4v) is 5.96. The van der Waals surface area contributed by atoms with Crippen LogP contribution in [0.25, 0.3) is 0 Å². The van der Waals surface area contributed by atoms with E-state index in [9.17, 15) is 31.2 Å². The molecule has 11 heteroatoms. The van der Waals surface area contributed by atoms with Gasteiger partial charge in [-0.1, -0.05) is 54.6 Å². The second-order valence-corrected chi connectivity index (χ2v) is 11.0. The summed E-state index contributed by atoms with van der Waals surface area (Å²) < 4.78 is 79.1. The molecular weight excluding hydrogens is 525 g/mol. The second kappa shape index (κ2) is 11.7. The Morgan fingerprint density at radius 2 is 1.63 bits per heavy atom. The average Bonchev–Trinajstić information content (AvgIpc) is 2.81. The van der Waals surface area contributed by atoms with Gasteiger partial charge >= 0.3 is 28.4 Å². The Balaban J connectivity index is 1.92. The van der Waals surface area contributed by atoms with Crippen LogP contribution in [0.15, 0.2) is 65.1 Å². The van der Waals surface area contributed by atoms with E-state index in [4.69, 9.17) is 9.47 Å². The van der Waals surface area contributed by atoms with Gasteiger partial charge in [-0.25, -0.2) is 0 Å². The number of hydrogen-bond acceptors (Lipinski definition) is 7. The van der Waals surface area contributed by atoms with Crippen LogP contribution in [0.4, 0.5) is 13.2 Å². The predicted octanol–water partition coefficient (Wildman–Crippen LogP) is 5.83. The van der Waals surface area contributed by atoms with Crippen molar-refractivity contribution in [1.82, 2.24) is 0 Å². The highest BCUT2D eigenvalue weighted by molar-refractivity contribution is 7.90. The first-order chi connectivity index (χ1) is 17.7. The minimum Gasteiger partial charge on any atom is -0.461 e. The number of aryl methyl sites for hydroxylation is 1. The summed E-state index contributed by atoms with van der Waals surface area (Å²) in [4.78, 5) is 24.9. The fraction of sp³-hybridized carbons (Fsp3) is 0.407. The second-order valence-electron chi connectivity index (χ2n) is 9.47. The molecule has 0 aromatic heterocycles. The quantitative estimate of drug-likeness (QED) is 0.284. The normalized spacial score (nSPS) is 16.7. The molecule has 0 N–H and O–H groups in total. The van der Waals surface area contributed by atoms with Crippen LogP contribution in [0.3, 0.4) is 0 Å². The van der Waals surface area contributed by atoms with Crippen molar-refractivity contribution < 1.29 is 44.8 Å². The maximum Gasteiger partial charge on any atom is 0.537 e. The molecule has 0 spiro atoms. The molecule has 38 heavy (non-hydrogen) atoms. The van der Waals surface area contributed by atoms with Crippen molar-refractivity contribution in [3.63, 3.8) is 0 Å². The van der Waals surface area contributed by atoms with E-state index in [1.165, 1.54) is 0 Å². The lowest BCUT2D eigenvalue weighted by Crippen LogP contribution is -2.35. The number of hydrogen-bond donors (Lipinski definition) is 0. The summed E-state index contributed by atoms with van der Waals surface area (Å²) in [5, 5.41) is 0. The summed E-state index contributed by atoms with van der Waals surface area (Å²) in [7, 11) is -5.48. The van der Waals surface area contributed by atoms with Crippen molar-refractivity contribution in [2.75, 3.05) is 0 Å². The Labute approximate surface area is 219 Å². The van der Waals surface area contributed by atoms with E-state index in [0.717, 1.165) is 5.56 Å². The third-order valence-corrected chi connectivity index (χ3v) is 7.66. The first kappa shape index (κ1) is 29.4. The molecule has 2 aromatic carbocycles. The van der Waals surface area contributed by atoms with Gasteiger partial charge in [0.1, 0.15) is 12.2 Å². The maximum absolute atomic E-state index is 13.3. The van der Waals surface area contributed by atoms with Crippen molar-refractivity contribution in [3.05, 3.63) is 81.8 Å². The van der Waals surface area contributed by atoms with E-state index >= 15 is 0 Å². The van der Waals surface area contributed by atoms with Crippen molar-refractivity contribution in [1.29, 1.82) is 0 Å². The summed E-state index contributed by atoms with van der Waals surface area (Å²) in [6.45, 7) is 4.89. The molecule has 1 atom stereocenters. The largest absolute Gasteiger partial charge is 0.537 e. The van der Waals surface area contributed by atoms with Crippen LogP contribution in [0.2, 0.25) is 0 Å². The Morgan fingerprint density at radius 1 is 1.00 bits per heavy atom. The number of alkyl halides is 3. The van der Waals surface area contributed by atoms with Gasteiger partial charge in [-0.2, -0.15) is 12.6 Å². The molecule has 2 aromatic rings. The van der Waals surface area contributed by atoms with E-state index in [1.807, 2.05) is 0 Å². The highest BCUT2D eigenvalue weighted by Gasteiger charge is 2.46. The summed E-state index contributed by atoms with van der Waals surface area (Å²) in [5.41, 5.74) is 0.739. The average molecular weight is 555 g/mol. The Kier molecular flexibility index (Phi) is 9.04. The molecule has 0 aliphatic heterocycles. The van der Waals surface area contributed by atoms with Gasteiger partial charge in [0.2, 0.25) is 0 Å². The number of esters is 2. The Bertz CT molecular complexity index is 1300. The van der Waals surface area contributed by atoms with Crippen molar-refractivity contribution in [2.24, 2.45) is 5.92 Å². The first-order valence-electron chi connectivity index (χ1n) is 11.9. The molecule has 1 aliphatic rings. The molecule has 0 saturated heterocycles. The molecule has 0 heterocycles. The number of halogens is 3. The summed E-state index contributed by atoms with van der Waals surface area (Å²) >= 11 is 0. The SMILES string of the molecule is Cc1ccccc1C(C)(C)OC(=O)[C@@H]1CCCC(CC(=O)OCc2ccccc2)=C1S(=O)(=O)OC(F)(F)F. The molecule has 0 amide bonds. The van der Waals surface area contributed by atoms with Crippen LogP contribution in [0, 0.1) is 12.8 Å².